The number of rotatable bonds is 7. The molecule has 1 N–H and O–H groups in total. The first-order valence-corrected chi connectivity index (χ1v) is 7.52. The third kappa shape index (κ3) is 5.22. The maximum atomic E-state index is 11.9. The van der Waals surface area contributed by atoms with Gasteiger partial charge in [0.1, 0.15) is 11.5 Å². The standard InChI is InChI=1S/C18H20N2O5/c1-20(24-3)18(22)13-7-9-15(10-8-13)25-12-17(21)19-14-5-4-6-16(11-14)23-2/h4-11H,12H2,1-3H3,(H,19,21). The molecule has 7 heteroatoms. The summed E-state index contributed by atoms with van der Waals surface area (Å²) in [5.74, 6) is 0.565. The van der Waals surface area contributed by atoms with Crippen molar-refractivity contribution in [3.63, 3.8) is 0 Å². The van der Waals surface area contributed by atoms with Crippen LogP contribution in [0.2, 0.25) is 0 Å². The van der Waals surface area contributed by atoms with Crippen LogP contribution >= 0.6 is 0 Å². The van der Waals surface area contributed by atoms with Crippen molar-refractivity contribution in [1.82, 2.24) is 5.06 Å². The molecule has 0 heterocycles. The minimum absolute atomic E-state index is 0.150. The van der Waals surface area contributed by atoms with E-state index in [0.29, 0.717) is 22.7 Å². The number of carbonyl (C=O) groups excluding carboxylic acids is 2. The van der Waals surface area contributed by atoms with Crippen LogP contribution in [-0.2, 0) is 9.63 Å². The first kappa shape index (κ1) is 18.3. The number of nitrogens with one attached hydrogen (secondary N) is 1. The maximum Gasteiger partial charge on any atom is 0.277 e. The Morgan fingerprint density at radius 1 is 1.04 bits per heavy atom. The highest BCUT2D eigenvalue weighted by Crippen LogP contribution is 2.17. The fourth-order valence-corrected chi connectivity index (χ4v) is 2.01. The van der Waals surface area contributed by atoms with Gasteiger partial charge in [0.05, 0.1) is 14.2 Å². The van der Waals surface area contributed by atoms with E-state index >= 15 is 0 Å². The van der Waals surface area contributed by atoms with Gasteiger partial charge in [-0.1, -0.05) is 6.07 Å². The van der Waals surface area contributed by atoms with Crippen LogP contribution in [0.1, 0.15) is 10.4 Å². The number of benzene rings is 2. The van der Waals surface area contributed by atoms with E-state index in [2.05, 4.69) is 5.32 Å². The molecule has 2 aromatic rings. The lowest BCUT2D eigenvalue weighted by molar-refractivity contribution is -0.118. The van der Waals surface area contributed by atoms with Gasteiger partial charge in [0.15, 0.2) is 6.61 Å². The number of amides is 2. The number of hydroxylamine groups is 2. The maximum absolute atomic E-state index is 11.9. The van der Waals surface area contributed by atoms with Gasteiger partial charge < -0.3 is 14.8 Å². The largest absolute Gasteiger partial charge is 0.497 e. The van der Waals surface area contributed by atoms with Crippen LogP contribution in [0.15, 0.2) is 48.5 Å². The van der Waals surface area contributed by atoms with Gasteiger partial charge in [-0.25, -0.2) is 5.06 Å². The molecule has 2 aromatic carbocycles. The fraction of sp³-hybridized carbons (Fsp3) is 0.222. The lowest BCUT2D eigenvalue weighted by atomic mass is 10.2. The van der Waals surface area contributed by atoms with Crippen molar-refractivity contribution >= 4 is 17.5 Å². The molecule has 7 nitrogen and oxygen atoms in total. The predicted octanol–water partition coefficient (Wildman–Crippen LogP) is 2.35. The van der Waals surface area contributed by atoms with Gasteiger partial charge in [0.2, 0.25) is 0 Å². The van der Waals surface area contributed by atoms with Crippen molar-refractivity contribution in [3.8, 4) is 11.5 Å². The van der Waals surface area contributed by atoms with Gasteiger partial charge >= 0.3 is 0 Å². The Morgan fingerprint density at radius 3 is 2.40 bits per heavy atom. The highest BCUT2D eigenvalue weighted by Gasteiger charge is 2.11. The van der Waals surface area contributed by atoms with Crippen LogP contribution in [0.5, 0.6) is 11.5 Å². The number of nitrogens with zero attached hydrogens (tertiary/aromatic N) is 1. The summed E-state index contributed by atoms with van der Waals surface area (Å²) in [5, 5.41) is 3.84. The minimum Gasteiger partial charge on any atom is -0.497 e. The van der Waals surface area contributed by atoms with E-state index in [1.54, 1.807) is 55.6 Å². The summed E-state index contributed by atoms with van der Waals surface area (Å²) in [6.45, 7) is -0.150. The van der Waals surface area contributed by atoms with E-state index in [9.17, 15) is 9.59 Å². The zero-order chi connectivity index (χ0) is 18.2. The quantitative estimate of drug-likeness (QED) is 0.780. The molecule has 2 amide bonds. The molecule has 0 saturated carbocycles. The molecule has 0 aromatic heterocycles. The van der Waals surface area contributed by atoms with Gasteiger partial charge in [-0.3, -0.25) is 14.4 Å². The topological polar surface area (TPSA) is 77.1 Å². The molecule has 0 aliphatic rings. The highest BCUT2D eigenvalue weighted by atomic mass is 16.7. The molecular weight excluding hydrogens is 324 g/mol. The summed E-state index contributed by atoms with van der Waals surface area (Å²) < 4.78 is 10.5. The Bertz CT molecular complexity index is 731. The molecule has 0 aliphatic heterocycles. The first-order valence-electron chi connectivity index (χ1n) is 7.52. The zero-order valence-electron chi connectivity index (χ0n) is 14.3. The molecule has 132 valence electrons. The number of hydrogen-bond acceptors (Lipinski definition) is 5. The Kier molecular flexibility index (Phi) is 6.36. The summed E-state index contributed by atoms with van der Waals surface area (Å²) in [6.07, 6.45) is 0. The average Bonchev–Trinajstić information content (AvgIpc) is 2.65. The zero-order valence-corrected chi connectivity index (χ0v) is 14.3. The van der Waals surface area contributed by atoms with Crippen molar-refractivity contribution < 1.29 is 23.9 Å². The minimum atomic E-state index is -0.299. The third-order valence-corrected chi connectivity index (χ3v) is 3.38. The van der Waals surface area contributed by atoms with E-state index in [1.807, 2.05) is 0 Å². The SMILES string of the molecule is COc1cccc(NC(=O)COc2ccc(C(=O)N(C)OC)cc2)c1. The highest BCUT2D eigenvalue weighted by molar-refractivity contribution is 5.93. The van der Waals surface area contributed by atoms with E-state index in [4.69, 9.17) is 14.3 Å². The summed E-state index contributed by atoms with van der Waals surface area (Å²) >= 11 is 0. The lowest BCUT2D eigenvalue weighted by Gasteiger charge is -2.13. The molecular formula is C18H20N2O5. The molecule has 0 spiro atoms. The summed E-state index contributed by atoms with van der Waals surface area (Å²) in [4.78, 5) is 28.7. The molecule has 0 unspecified atom stereocenters. The average molecular weight is 344 g/mol. The Morgan fingerprint density at radius 2 is 1.76 bits per heavy atom. The molecule has 25 heavy (non-hydrogen) atoms. The van der Waals surface area contributed by atoms with Gasteiger partial charge in [-0.05, 0) is 36.4 Å². The van der Waals surface area contributed by atoms with Gasteiger partial charge in [0.25, 0.3) is 11.8 Å². The van der Waals surface area contributed by atoms with Gasteiger partial charge in [-0.2, -0.15) is 0 Å². The second-order valence-electron chi connectivity index (χ2n) is 5.08. The molecule has 0 atom stereocenters. The van der Waals surface area contributed by atoms with Gasteiger partial charge in [0, 0.05) is 24.4 Å². The lowest BCUT2D eigenvalue weighted by Crippen LogP contribution is -2.25. The fourth-order valence-electron chi connectivity index (χ4n) is 2.01. The van der Waals surface area contributed by atoms with E-state index in [1.165, 1.54) is 14.2 Å². The molecule has 0 fully saturated rings. The number of hydrogen-bond donors (Lipinski definition) is 1. The predicted molar refractivity (Wildman–Crippen MR) is 92.7 cm³/mol. The third-order valence-electron chi connectivity index (χ3n) is 3.38. The number of anilines is 1. The van der Waals surface area contributed by atoms with Crippen LogP contribution in [0.4, 0.5) is 5.69 Å². The summed E-state index contributed by atoms with van der Waals surface area (Å²) in [6, 6.07) is 13.5. The second kappa shape index (κ2) is 8.70. The van der Waals surface area contributed by atoms with Crippen molar-refractivity contribution in [2.75, 3.05) is 33.2 Å². The molecule has 0 aliphatic carbocycles. The van der Waals surface area contributed by atoms with Gasteiger partial charge in [-0.15, -0.1) is 0 Å². The second-order valence-corrected chi connectivity index (χ2v) is 5.08. The Labute approximate surface area is 146 Å². The summed E-state index contributed by atoms with van der Waals surface area (Å²) in [7, 11) is 4.49. The number of methoxy groups -OCH3 is 1. The summed E-state index contributed by atoms with van der Waals surface area (Å²) in [5.41, 5.74) is 1.08. The van der Waals surface area contributed by atoms with Crippen LogP contribution < -0.4 is 14.8 Å². The molecule has 0 bridgehead atoms. The van der Waals surface area contributed by atoms with Crippen molar-refractivity contribution in [1.29, 1.82) is 0 Å². The Hall–Kier alpha value is -3.06. The van der Waals surface area contributed by atoms with Crippen LogP contribution in [0.3, 0.4) is 0 Å². The molecule has 0 saturated heterocycles. The van der Waals surface area contributed by atoms with E-state index in [-0.39, 0.29) is 18.4 Å². The van der Waals surface area contributed by atoms with Crippen LogP contribution in [0.25, 0.3) is 0 Å². The normalized spacial score (nSPS) is 10.0. The van der Waals surface area contributed by atoms with Crippen LogP contribution in [-0.4, -0.2) is 44.8 Å². The smallest absolute Gasteiger partial charge is 0.277 e. The van der Waals surface area contributed by atoms with E-state index in [0.717, 1.165) is 5.06 Å². The van der Waals surface area contributed by atoms with Crippen molar-refractivity contribution in [2.24, 2.45) is 0 Å². The van der Waals surface area contributed by atoms with Crippen molar-refractivity contribution in [3.05, 3.63) is 54.1 Å². The van der Waals surface area contributed by atoms with E-state index < -0.39 is 0 Å². The monoisotopic (exact) mass is 344 g/mol. The van der Waals surface area contributed by atoms with Crippen molar-refractivity contribution in [2.45, 2.75) is 0 Å². The Balaban J connectivity index is 1.88. The molecule has 0 radical (unpaired) electrons. The first-order chi connectivity index (χ1) is 12.0. The number of carbonyl (C=O) groups is 2. The number of ether oxygens (including phenoxy) is 2. The van der Waals surface area contributed by atoms with Crippen LogP contribution in [0, 0.1) is 0 Å². The molecule has 2 rings (SSSR count).